The number of nitrogens with one attached hydrogen (secondary N) is 1. The van der Waals surface area contributed by atoms with Gasteiger partial charge in [0.05, 0.1) is 18.8 Å². The van der Waals surface area contributed by atoms with Gasteiger partial charge in [0, 0.05) is 24.9 Å². The van der Waals surface area contributed by atoms with Crippen LogP contribution in [0.5, 0.6) is 0 Å². The minimum Gasteiger partial charge on any atom is -0.480 e. The third kappa shape index (κ3) is 6.22. The summed E-state index contributed by atoms with van der Waals surface area (Å²) in [5, 5.41) is 13.9. The zero-order chi connectivity index (χ0) is 28.4. The van der Waals surface area contributed by atoms with Crippen LogP contribution in [0.1, 0.15) is 98.5 Å². The summed E-state index contributed by atoms with van der Waals surface area (Å²) in [4.78, 5) is 19.7. The van der Waals surface area contributed by atoms with Gasteiger partial charge < -0.3 is 19.9 Å². The average molecular weight is 550 g/mol. The first-order valence-electron chi connectivity index (χ1n) is 15.2. The lowest BCUT2D eigenvalue weighted by molar-refractivity contribution is -0.144. The molecule has 3 aliphatic rings. The summed E-state index contributed by atoms with van der Waals surface area (Å²) in [5.74, 6) is 0.261. The van der Waals surface area contributed by atoms with Gasteiger partial charge in [0.2, 0.25) is 0 Å². The Bertz CT molecular complexity index is 1210. The fourth-order valence-electron chi connectivity index (χ4n) is 7.13. The van der Waals surface area contributed by atoms with Gasteiger partial charge in [-0.3, -0.25) is 9.69 Å². The molecule has 1 fully saturated rings. The van der Waals surface area contributed by atoms with E-state index < -0.39 is 12.0 Å². The largest absolute Gasteiger partial charge is 0.480 e. The summed E-state index contributed by atoms with van der Waals surface area (Å²) < 4.78 is 12.4. The number of aryl methyl sites for hydroxylation is 3. The van der Waals surface area contributed by atoms with Crippen molar-refractivity contribution in [2.24, 2.45) is 5.41 Å². The van der Waals surface area contributed by atoms with E-state index in [1.165, 1.54) is 17.5 Å². The van der Waals surface area contributed by atoms with Crippen molar-refractivity contribution in [3.05, 3.63) is 57.8 Å². The summed E-state index contributed by atoms with van der Waals surface area (Å²) in [7, 11) is 1.98. The van der Waals surface area contributed by atoms with E-state index in [9.17, 15) is 9.90 Å². The van der Waals surface area contributed by atoms with Gasteiger partial charge in [-0.25, -0.2) is 4.98 Å². The molecule has 7 heteroatoms. The minimum atomic E-state index is -0.804. The molecule has 0 bridgehead atoms. The van der Waals surface area contributed by atoms with E-state index in [0.717, 1.165) is 86.3 Å². The normalized spacial score (nSPS) is 24.3. The number of hydrogen-bond acceptors (Lipinski definition) is 6. The van der Waals surface area contributed by atoms with Crippen LogP contribution < -0.4 is 5.32 Å². The summed E-state index contributed by atoms with van der Waals surface area (Å²) in [6.07, 6.45) is 7.87. The molecule has 3 heterocycles. The quantitative estimate of drug-likeness (QED) is 0.350. The topological polar surface area (TPSA) is 83.9 Å². The fourth-order valence-corrected chi connectivity index (χ4v) is 7.13. The van der Waals surface area contributed by atoms with Gasteiger partial charge in [-0.1, -0.05) is 37.6 Å². The molecule has 218 valence electrons. The highest BCUT2D eigenvalue weighted by atomic mass is 16.5. The van der Waals surface area contributed by atoms with E-state index in [1.807, 2.05) is 14.0 Å². The summed E-state index contributed by atoms with van der Waals surface area (Å²) in [6.45, 7) is 11.0. The molecule has 1 saturated carbocycles. The standard InChI is InChI=1S/C33H47N3O4/c1-21-17-24-13-16-39-22(2)29(24)27(18-21)30(32(37)38)36(5)26-19-28(33(3,4)20-26)40-15-7-6-10-25-12-11-23-9-8-14-34-31(23)35-25/h11-12,17-18,22,26,28,30H,6-10,13-16,19-20H2,1-5H3,(H,34,35)(H,37,38)/t22-,26+,28+,30-/m0/s1. The van der Waals surface area contributed by atoms with Gasteiger partial charge >= 0.3 is 5.97 Å². The third-order valence-electron chi connectivity index (χ3n) is 9.32. The molecule has 0 spiro atoms. The van der Waals surface area contributed by atoms with Crippen LogP contribution in [-0.2, 0) is 33.5 Å². The zero-order valence-electron chi connectivity index (χ0n) is 25.0. The van der Waals surface area contributed by atoms with Gasteiger partial charge in [0.25, 0.3) is 0 Å². The van der Waals surface area contributed by atoms with Gasteiger partial charge in [0.1, 0.15) is 11.9 Å². The smallest absolute Gasteiger partial charge is 0.325 e. The summed E-state index contributed by atoms with van der Waals surface area (Å²) in [6, 6.07) is 8.06. The van der Waals surface area contributed by atoms with Gasteiger partial charge in [0.15, 0.2) is 0 Å². The lowest BCUT2D eigenvalue weighted by Crippen LogP contribution is -2.39. The van der Waals surface area contributed by atoms with Crippen LogP contribution in [0.2, 0.25) is 0 Å². The molecule has 5 rings (SSSR count). The molecule has 4 atom stereocenters. The number of carboxylic acid groups (broad SMARTS) is 1. The van der Waals surface area contributed by atoms with Gasteiger partial charge in [-0.2, -0.15) is 0 Å². The van der Waals surface area contributed by atoms with Crippen molar-refractivity contribution >= 4 is 11.8 Å². The lowest BCUT2D eigenvalue weighted by atomic mass is 9.86. The number of ether oxygens (including phenoxy) is 2. The summed E-state index contributed by atoms with van der Waals surface area (Å²) >= 11 is 0. The number of nitrogens with zero attached hydrogens (tertiary/aromatic N) is 2. The highest BCUT2D eigenvalue weighted by molar-refractivity contribution is 5.76. The van der Waals surface area contributed by atoms with Crippen molar-refractivity contribution < 1.29 is 19.4 Å². The molecular formula is C33H47N3O4. The number of likely N-dealkylation sites (N-methyl/N-ethyl adjacent to an activating group) is 1. The number of hydrogen-bond donors (Lipinski definition) is 2. The van der Waals surface area contributed by atoms with Gasteiger partial charge in [-0.15, -0.1) is 0 Å². The van der Waals surface area contributed by atoms with Crippen molar-refractivity contribution in [1.29, 1.82) is 0 Å². The van der Waals surface area contributed by atoms with Crippen LogP contribution in [0.3, 0.4) is 0 Å². The molecule has 1 aliphatic carbocycles. The van der Waals surface area contributed by atoms with Crippen LogP contribution in [0.4, 0.5) is 5.82 Å². The van der Waals surface area contributed by atoms with E-state index in [-0.39, 0.29) is 23.7 Å². The van der Waals surface area contributed by atoms with Crippen molar-refractivity contribution in [3.63, 3.8) is 0 Å². The molecule has 2 aliphatic heterocycles. The lowest BCUT2D eigenvalue weighted by Gasteiger charge is -2.35. The van der Waals surface area contributed by atoms with Crippen molar-refractivity contribution in [3.8, 4) is 0 Å². The fraction of sp³-hybridized carbons (Fsp3) is 0.636. The maximum Gasteiger partial charge on any atom is 0.325 e. The van der Waals surface area contributed by atoms with Crippen molar-refractivity contribution in [2.45, 2.75) is 103 Å². The molecule has 0 unspecified atom stereocenters. The minimum absolute atomic E-state index is 0.0177. The number of unbranched alkanes of at least 4 members (excludes halogenated alkanes) is 1. The number of rotatable bonds is 10. The Morgan fingerprint density at radius 2 is 2.08 bits per heavy atom. The van der Waals surface area contributed by atoms with Crippen molar-refractivity contribution in [2.75, 3.05) is 32.1 Å². The van der Waals surface area contributed by atoms with E-state index >= 15 is 0 Å². The predicted molar refractivity (Wildman–Crippen MR) is 158 cm³/mol. The molecule has 2 aromatic rings. The SMILES string of the molecule is Cc1cc2c(c([C@@H](C(=O)O)N(C)[C@@H]3C[C@@H](OCCCCc4ccc5c(n4)NCCC5)C(C)(C)C3)c1)[C@H](C)OCC2. The van der Waals surface area contributed by atoms with E-state index in [2.05, 4.69) is 55.3 Å². The summed E-state index contributed by atoms with van der Waals surface area (Å²) in [5.41, 5.74) is 6.73. The molecule has 0 saturated heterocycles. The van der Waals surface area contributed by atoms with E-state index in [0.29, 0.717) is 6.61 Å². The third-order valence-corrected chi connectivity index (χ3v) is 9.32. The molecule has 40 heavy (non-hydrogen) atoms. The Hall–Kier alpha value is -2.48. The first-order valence-corrected chi connectivity index (χ1v) is 15.2. The number of fused-ring (bicyclic) bond motifs is 2. The molecular weight excluding hydrogens is 502 g/mol. The molecule has 1 aromatic heterocycles. The van der Waals surface area contributed by atoms with Gasteiger partial charge in [-0.05, 0) is 106 Å². The molecule has 1 aromatic carbocycles. The van der Waals surface area contributed by atoms with Crippen LogP contribution >= 0.6 is 0 Å². The monoisotopic (exact) mass is 549 g/mol. The number of benzene rings is 1. The maximum absolute atomic E-state index is 12.8. The van der Waals surface area contributed by atoms with Crippen LogP contribution in [0, 0.1) is 12.3 Å². The molecule has 0 radical (unpaired) electrons. The van der Waals surface area contributed by atoms with Crippen molar-refractivity contribution in [1.82, 2.24) is 9.88 Å². The Morgan fingerprint density at radius 1 is 1.25 bits per heavy atom. The van der Waals surface area contributed by atoms with E-state index in [1.54, 1.807) is 0 Å². The second kappa shape index (κ2) is 12.2. The van der Waals surface area contributed by atoms with Crippen LogP contribution in [-0.4, -0.2) is 59.9 Å². The number of carboxylic acids is 1. The number of carbonyl (C=O) groups is 1. The van der Waals surface area contributed by atoms with E-state index in [4.69, 9.17) is 14.5 Å². The molecule has 0 amide bonds. The predicted octanol–water partition coefficient (Wildman–Crippen LogP) is 6.04. The first-order chi connectivity index (χ1) is 19.1. The highest BCUT2D eigenvalue weighted by Crippen LogP contribution is 2.45. The Morgan fingerprint density at radius 3 is 2.88 bits per heavy atom. The number of pyridine rings is 1. The first kappa shape index (κ1) is 29.0. The highest BCUT2D eigenvalue weighted by Gasteiger charge is 2.45. The Kier molecular flexibility index (Phi) is 8.83. The number of aliphatic carboxylic acids is 1. The second-order valence-electron chi connectivity index (χ2n) is 12.8. The van der Waals surface area contributed by atoms with Crippen LogP contribution in [0.25, 0.3) is 0 Å². The Balaban J connectivity index is 1.19. The maximum atomic E-state index is 12.8. The number of anilines is 1. The van der Waals surface area contributed by atoms with Crippen LogP contribution in [0.15, 0.2) is 24.3 Å². The molecule has 7 nitrogen and oxygen atoms in total. The second-order valence-corrected chi connectivity index (χ2v) is 12.8. The zero-order valence-corrected chi connectivity index (χ0v) is 25.0. The average Bonchev–Trinajstić information content (AvgIpc) is 3.22. The number of aromatic nitrogens is 1. The Labute approximate surface area is 239 Å². The molecule has 2 N–H and O–H groups in total.